The molecular weight excluding hydrogens is 238 g/mol. The number of hydrogen-bond donors (Lipinski definition) is 0. The Morgan fingerprint density at radius 1 is 1.26 bits per heavy atom. The largest absolute Gasteiger partial charge is 0.451 e. The summed E-state index contributed by atoms with van der Waals surface area (Å²) in [5.74, 6) is -0.225. The van der Waals surface area contributed by atoms with E-state index in [4.69, 9.17) is 4.74 Å². The maximum Gasteiger partial charge on any atom is 0.303 e. The lowest BCUT2D eigenvalue weighted by atomic mass is 10.0. The van der Waals surface area contributed by atoms with E-state index in [0.717, 1.165) is 23.0 Å². The third-order valence-corrected chi connectivity index (χ3v) is 3.76. The molecule has 0 unspecified atom stereocenters. The minimum absolute atomic E-state index is 0.194. The first-order valence-corrected chi connectivity index (χ1v) is 6.93. The van der Waals surface area contributed by atoms with Crippen molar-refractivity contribution in [1.82, 2.24) is 0 Å². The number of likely N-dealkylation sites (N-methyl/N-ethyl adjacent to an activating group) is 1. The summed E-state index contributed by atoms with van der Waals surface area (Å²) in [4.78, 5) is 11.4. The molecule has 0 radical (unpaired) electrons. The van der Waals surface area contributed by atoms with Gasteiger partial charge in [0.25, 0.3) is 0 Å². The highest BCUT2D eigenvalue weighted by atomic mass is 16.5. The summed E-state index contributed by atoms with van der Waals surface area (Å²) in [6.07, 6.45) is 0.916. The van der Waals surface area contributed by atoms with Gasteiger partial charge in [-0.3, -0.25) is 4.79 Å². The number of hydrogen-bond acceptors (Lipinski definition) is 2. The predicted octanol–water partition coefficient (Wildman–Crippen LogP) is 3.17. The zero-order valence-electron chi connectivity index (χ0n) is 12.7. The van der Waals surface area contributed by atoms with Crippen LogP contribution in [0.4, 0.5) is 0 Å². The quantitative estimate of drug-likeness (QED) is 0.583. The number of carbonyl (C=O) groups is 1. The lowest BCUT2D eigenvalue weighted by Crippen LogP contribution is -2.51. The van der Waals surface area contributed by atoms with Gasteiger partial charge in [-0.2, -0.15) is 0 Å². The number of esters is 1. The molecule has 1 aromatic rings. The molecule has 2 atom stereocenters. The molecule has 106 valence electrons. The molecule has 3 nitrogen and oxygen atoms in total. The van der Waals surface area contributed by atoms with Crippen LogP contribution in [0.5, 0.6) is 0 Å². The summed E-state index contributed by atoms with van der Waals surface area (Å²) in [6, 6.07) is 10.2. The lowest BCUT2D eigenvalue weighted by molar-refractivity contribution is -0.917. The maximum absolute atomic E-state index is 11.4. The fraction of sp³-hybridized carbons (Fsp3) is 0.562. The highest BCUT2D eigenvalue weighted by molar-refractivity contribution is 5.66. The minimum Gasteiger partial charge on any atom is -0.451 e. The Morgan fingerprint density at radius 3 is 2.32 bits per heavy atom. The number of rotatable bonds is 6. The number of quaternary nitrogens is 1. The van der Waals surface area contributed by atoms with E-state index < -0.39 is 0 Å². The van der Waals surface area contributed by atoms with Crippen LogP contribution in [0.3, 0.4) is 0 Å². The molecule has 0 fully saturated rings. The van der Waals surface area contributed by atoms with E-state index in [9.17, 15) is 4.79 Å². The van der Waals surface area contributed by atoms with Crippen LogP contribution in [0.1, 0.15) is 38.9 Å². The first-order chi connectivity index (χ1) is 8.88. The Labute approximate surface area is 116 Å². The SMILES string of the molecule is CCC[N+](C)(C)[C@@H](C)[C@H](OC(C)=O)c1ccccc1. The van der Waals surface area contributed by atoms with Gasteiger partial charge in [0, 0.05) is 6.92 Å². The summed E-state index contributed by atoms with van der Waals surface area (Å²) in [7, 11) is 4.38. The maximum atomic E-state index is 11.4. The molecule has 19 heavy (non-hydrogen) atoms. The minimum atomic E-state index is -0.225. The van der Waals surface area contributed by atoms with Crippen LogP contribution in [0.25, 0.3) is 0 Å². The van der Waals surface area contributed by atoms with Gasteiger partial charge < -0.3 is 9.22 Å². The fourth-order valence-electron chi connectivity index (χ4n) is 2.41. The van der Waals surface area contributed by atoms with Crippen molar-refractivity contribution in [3.05, 3.63) is 35.9 Å². The standard InChI is InChI=1S/C16H26NO2/c1-6-12-17(4,5)13(2)16(19-14(3)18)15-10-8-7-9-11-15/h7-11,13,16H,6,12H2,1-5H3/q+1/t13-,16-/m0/s1. The van der Waals surface area contributed by atoms with Crippen molar-refractivity contribution in [3.63, 3.8) is 0 Å². The van der Waals surface area contributed by atoms with Gasteiger partial charge >= 0.3 is 5.97 Å². The normalized spacial score (nSPS) is 14.8. The van der Waals surface area contributed by atoms with E-state index in [1.807, 2.05) is 30.3 Å². The fourth-order valence-corrected chi connectivity index (χ4v) is 2.41. The topological polar surface area (TPSA) is 26.3 Å². The average molecular weight is 264 g/mol. The van der Waals surface area contributed by atoms with Crippen molar-refractivity contribution in [2.45, 2.75) is 39.3 Å². The number of benzene rings is 1. The Balaban J connectivity index is 3.00. The molecule has 0 amide bonds. The number of carbonyl (C=O) groups excluding carboxylic acids is 1. The molecule has 0 aromatic heterocycles. The van der Waals surface area contributed by atoms with Crippen LogP contribution in [-0.4, -0.2) is 37.1 Å². The van der Waals surface area contributed by atoms with Gasteiger partial charge in [0.15, 0.2) is 6.10 Å². The van der Waals surface area contributed by atoms with Crippen LogP contribution < -0.4 is 0 Å². The van der Waals surface area contributed by atoms with Gasteiger partial charge in [-0.05, 0) is 18.9 Å². The molecular formula is C16H26NO2+. The Kier molecular flexibility index (Phi) is 5.55. The first-order valence-electron chi connectivity index (χ1n) is 6.93. The zero-order chi connectivity index (χ0) is 14.5. The molecule has 0 bridgehead atoms. The molecule has 0 aliphatic carbocycles. The van der Waals surface area contributed by atoms with Crippen LogP contribution in [0.15, 0.2) is 30.3 Å². The highest BCUT2D eigenvalue weighted by Crippen LogP contribution is 2.27. The van der Waals surface area contributed by atoms with E-state index in [0.29, 0.717) is 0 Å². The summed E-state index contributed by atoms with van der Waals surface area (Å²) in [5, 5.41) is 0. The highest BCUT2D eigenvalue weighted by Gasteiger charge is 2.34. The number of nitrogens with zero attached hydrogens (tertiary/aromatic N) is 1. The second kappa shape index (κ2) is 6.71. The van der Waals surface area contributed by atoms with Gasteiger partial charge in [-0.25, -0.2) is 0 Å². The van der Waals surface area contributed by atoms with Crippen molar-refractivity contribution < 1.29 is 14.0 Å². The average Bonchev–Trinajstić information content (AvgIpc) is 2.36. The van der Waals surface area contributed by atoms with Crippen molar-refractivity contribution in [1.29, 1.82) is 0 Å². The van der Waals surface area contributed by atoms with Crippen LogP contribution in [0.2, 0.25) is 0 Å². The van der Waals surface area contributed by atoms with Gasteiger partial charge in [-0.1, -0.05) is 37.3 Å². The molecule has 0 aliphatic heterocycles. The van der Waals surface area contributed by atoms with Crippen molar-refractivity contribution >= 4 is 5.97 Å². The van der Waals surface area contributed by atoms with E-state index >= 15 is 0 Å². The third-order valence-electron chi connectivity index (χ3n) is 3.76. The number of ether oxygens (including phenoxy) is 1. The summed E-state index contributed by atoms with van der Waals surface area (Å²) < 4.78 is 6.41. The van der Waals surface area contributed by atoms with Gasteiger partial charge in [-0.15, -0.1) is 0 Å². The predicted molar refractivity (Wildman–Crippen MR) is 77.7 cm³/mol. The molecule has 0 spiro atoms. The molecule has 0 heterocycles. The lowest BCUT2D eigenvalue weighted by Gasteiger charge is -2.39. The van der Waals surface area contributed by atoms with E-state index in [1.54, 1.807) is 0 Å². The molecule has 0 N–H and O–H groups in total. The molecule has 0 aliphatic rings. The van der Waals surface area contributed by atoms with Crippen molar-refractivity contribution in [2.24, 2.45) is 0 Å². The van der Waals surface area contributed by atoms with Crippen LogP contribution >= 0.6 is 0 Å². The van der Waals surface area contributed by atoms with Crippen molar-refractivity contribution in [3.8, 4) is 0 Å². The van der Waals surface area contributed by atoms with Gasteiger partial charge in [0.2, 0.25) is 0 Å². The van der Waals surface area contributed by atoms with Crippen molar-refractivity contribution in [2.75, 3.05) is 20.6 Å². The summed E-state index contributed by atoms with van der Waals surface area (Å²) in [6.45, 7) is 6.86. The Bertz CT molecular complexity index is 400. The monoisotopic (exact) mass is 264 g/mol. The second-order valence-corrected chi connectivity index (χ2v) is 5.68. The summed E-state index contributed by atoms with van der Waals surface area (Å²) in [5.41, 5.74) is 1.06. The molecule has 0 saturated heterocycles. The first kappa shape index (κ1) is 15.7. The van der Waals surface area contributed by atoms with Gasteiger partial charge in [0.1, 0.15) is 6.04 Å². The third kappa shape index (κ3) is 4.35. The smallest absolute Gasteiger partial charge is 0.303 e. The summed E-state index contributed by atoms with van der Waals surface area (Å²) >= 11 is 0. The van der Waals surface area contributed by atoms with Crippen LogP contribution in [0, 0.1) is 0 Å². The van der Waals surface area contributed by atoms with Crippen LogP contribution in [-0.2, 0) is 9.53 Å². The molecule has 0 saturated carbocycles. The zero-order valence-corrected chi connectivity index (χ0v) is 12.7. The second-order valence-electron chi connectivity index (χ2n) is 5.68. The molecule has 3 heteroatoms. The van der Waals surface area contributed by atoms with E-state index in [1.165, 1.54) is 6.92 Å². The Hall–Kier alpha value is -1.35. The van der Waals surface area contributed by atoms with Gasteiger partial charge in [0.05, 0.1) is 20.6 Å². The van der Waals surface area contributed by atoms with E-state index in [2.05, 4.69) is 27.9 Å². The Morgan fingerprint density at radius 2 is 1.84 bits per heavy atom. The van der Waals surface area contributed by atoms with E-state index in [-0.39, 0.29) is 18.1 Å². The molecule has 1 aromatic carbocycles. The molecule has 1 rings (SSSR count).